The molecule has 8 N–H and O–H groups in total. The topological polar surface area (TPSA) is 350 Å². The van der Waals surface area contributed by atoms with Crippen LogP contribution in [0.25, 0.3) is 42.4 Å². The molecule has 0 radical (unpaired) electrons. The Labute approximate surface area is 826 Å². The first-order chi connectivity index (χ1) is 69.4. The van der Waals surface area contributed by atoms with Crippen molar-refractivity contribution in [3.05, 3.63) is 309 Å². The number of ether oxygens (including phenoxy) is 4. The zero-order chi connectivity index (χ0) is 97.8. The number of pyridine rings is 4. The molecule has 4 fully saturated rings. The summed E-state index contributed by atoms with van der Waals surface area (Å²) in [6.07, 6.45) is 12.8. The number of hydrazone groups is 4. The fourth-order valence-electron chi connectivity index (χ4n) is 14.7. The molecule has 12 aromatic heterocycles. The number of benzene rings is 4. The van der Waals surface area contributed by atoms with Crippen LogP contribution in [0.2, 0.25) is 0 Å². The van der Waals surface area contributed by atoms with E-state index in [1.165, 1.54) is 66.9 Å². The third kappa shape index (κ3) is 27.6. The molecule has 32 nitrogen and oxygen atoms in total. The SMILES string of the molecule is Cc1cc(Nc2ccc(/C=N/Nc3ncc(F)c(N4CCOCC4)n3)nc2)cc(-c2ccsc2)c1.Cc1cc(Nc2ccc(/C=N/Nc3ncc(F)c(N4CCOCC4)n3)nc2)ccc1-c1cccs1.Fc1cnc(N/N=C/c2ccc(Nc3cc(-c4cccs4)cc(C(F)(F)F)c3)cn2)nc1N1CCOCC1.Fc1cnc(N/N=C/c2ccc(Nc3cccc(-c4cccs4)c3)cn2)nc1N1CCOCC1. The highest BCUT2D eigenvalue weighted by atomic mass is 32.1. The van der Waals surface area contributed by atoms with Gasteiger partial charge in [0, 0.05) is 89.7 Å². The van der Waals surface area contributed by atoms with Crippen LogP contribution in [0.4, 0.5) is 123 Å². The molecule has 20 rings (SSSR count). The van der Waals surface area contributed by atoms with Gasteiger partial charge in [0.15, 0.2) is 46.5 Å². The smallest absolute Gasteiger partial charge is 0.378 e. The van der Waals surface area contributed by atoms with Gasteiger partial charge in [0.1, 0.15) is 0 Å². The maximum atomic E-state index is 14.2. The molecule has 0 bridgehead atoms. The van der Waals surface area contributed by atoms with Gasteiger partial charge in [-0.3, -0.25) is 19.9 Å². The molecule has 0 unspecified atom stereocenters. The number of rotatable bonds is 28. The van der Waals surface area contributed by atoms with E-state index in [4.69, 9.17) is 18.9 Å². The summed E-state index contributed by atoms with van der Waals surface area (Å²) in [5.74, 6) is -0.287. The van der Waals surface area contributed by atoms with Crippen LogP contribution < -0.4 is 62.6 Å². The highest BCUT2D eigenvalue weighted by Crippen LogP contribution is 2.39. The lowest BCUT2D eigenvalue weighted by Crippen LogP contribution is -2.37. The summed E-state index contributed by atoms with van der Waals surface area (Å²) < 4.78 is 118. The minimum absolute atomic E-state index is 0.119. The van der Waals surface area contributed by atoms with E-state index in [1.54, 1.807) is 106 Å². The standard InChI is InChI=1S/C25H21F4N7OS.2C25H24FN7OS.C24H22FN7OS/c26-21-15-31-24(34-23(21)36-5-7-37-8-6-36)35-32-14-18-3-4-19(13-30-18)33-20-11-16(22-2-1-9-38-22)10-17(12-20)25(27,28)29;1-17-10-19(18-4-9-35-16-18)12-22(11-17)30-21-3-2-20(27-13-21)14-29-32-25-28-15-23(26)24(31-25)33-5-7-34-8-6-33;1-17-13-18(6-7-21(17)23-3-2-12-35-23)30-20-5-4-19(27-14-20)15-29-32-25-28-16-22(26)24(31-25)33-8-10-34-11-9-33;25-21-16-27-24(30-23(21)32-8-10-33-11-9-32)31-28-15-19-6-7-20(14-26-19)29-18-4-1-3-17(13-18)22-5-2-12-34-22/h1-4,9-15,33H,5-8H2,(H,31,34,35);2-4,9-16,30H,5-8H2,1H3,(H,28,31,32);2-7,12-16,30H,8-11H2,1H3,(H,28,31,32);1-7,12-16,29H,8-11H2,(H,27,30,31)/b32-14+;29-14+;29-15+;28-15+. The van der Waals surface area contributed by atoms with Crippen molar-refractivity contribution < 1.29 is 49.7 Å². The van der Waals surface area contributed by atoms with Gasteiger partial charge in [-0.2, -0.15) is 64.8 Å². The van der Waals surface area contributed by atoms with Crippen LogP contribution in [0.1, 0.15) is 39.5 Å². The van der Waals surface area contributed by atoms with E-state index < -0.39 is 35.0 Å². The van der Waals surface area contributed by atoms with E-state index in [9.17, 15) is 30.7 Å². The van der Waals surface area contributed by atoms with Crippen molar-refractivity contribution in [3.8, 4) is 42.4 Å². The van der Waals surface area contributed by atoms with Crippen LogP contribution in [0.3, 0.4) is 0 Å². The number of morpholine rings is 4. The first kappa shape index (κ1) is 97.9. The minimum atomic E-state index is -4.48. The molecule has 4 aromatic carbocycles. The summed E-state index contributed by atoms with van der Waals surface area (Å²) in [6, 6.07) is 53.5. The van der Waals surface area contributed by atoms with Crippen LogP contribution in [0, 0.1) is 37.1 Å². The average molecular weight is 2000 g/mol. The Hall–Kier alpha value is -15.8. The summed E-state index contributed by atoms with van der Waals surface area (Å²) >= 11 is 6.50. The van der Waals surface area contributed by atoms with Crippen molar-refractivity contribution in [1.29, 1.82) is 0 Å². The van der Waals surface area contributed by atoms with Crippen molar-refractivity contribution >= 4 is 163 Å². The number of hydrogen-bond acceptors (Lipinski definition) is 36. The zero-order valence-corrected chi connectivity index (χ0v) is 79.4. The van der Waals surface area contributed by atoms with Gasteiger partial charge in [0.2, 0.25) is 23.8 Å². The Morgan fingerprint density at radius 3 is 1.04 bits per heavy atom. The lowest BCUT2D eigenvalue weighted by molar-refractivity contribution is -0.137. The molecule has 16 heterocycles. The van der Waals surface area contributed by atoms with Gasteiger partial charge in [-0.05, 0) is 207 Å². The number of thiophene rings is 4. The Morgan fingerprint density at radius 1 is 0.324 bits per heavy atom. The van der Waals surface area contributed by atoms with Gasteiger partial charge in [-0.15, -0.1) is 34.0 Å². The van der Waals surface area contributed by atoms with E-state index >= 15 is 0 Å². The molecular weight excluding hydrogens is 1910 g/mol. The van der Waals surface area contributed by atoms with Crippen LogP contribution >= 0.6 is 45.3 Å². The van der Waals surface area contributed by atoms with E-state index in [0.717, 1.165) is 75.9 Å². The largest absolute Gasteiger partial charge is 0.416 e. The van der Waals surface area contributed by atoms with Crippen molar-refractivity contribution in [2.45, 2.75) is 20.0 Å². The average Bonchev–Trinajstić information content (AvgIpc) is 1.41. The molecular formula is C99H91F7N28O4S4. The second-order valence-electron chi connectivity index (χ2n) is 31.7. The predicted molar refractivity (Wildman–Crippen MR) is 549 cm³/mol. The summed E-state index contributed by atoms with van der Waals surface area (Å²) in [5, 5.41) is 39.8. The molecule has 0 amide bonds. The quantitative estimate of drug-likeness (QED) is 0.0128. The number of anilines is 16. The highest BCUT2D eigenvalue weighted by Gasteiger charge is 2.32. The fraction of sp³-hybridized carbons (Fsp3) is 0.192. The molecule has 0 atom stereocenters. The normalized spacial score (nSPS) is 13.9. The van der Waals surface area contributed by atoms with Crippen LogP contribution in [-0.4, -0.2) is 190 Å². The lowest BCUT2D eigenvalue weighted by atomic mass is 10.1. The van der Waals surface area contributed by atoms with E-state index in [1.807, 2.05) is 74.7 Å². The number of hydrogen-bond donors (Lipinski definition) is 8. The first-order valence-corrected chi connectivity index (χ1v) is 48.2. The number of alkyl halides is 3. The number of aromatic nitrogens is 12. The molecule has 0 aliphatic carbocycles. The molecule has 724 valence electrons. The maximum absolute atomic E-state index is 14.2. The molecule has 142 heavy (non-hydrogen) atoms. The second-order valence-corrected chi connectivity index (χ2v) is 35.3. The van der Waals surface area contributed by atoms with Crippen molar-refractivity contribution in [3.63, 3.8) is 0 Å². The second kappa shape index (κ2) is 48.2. The Morgan fingerprint density at radius 2 is 0.683 bits per heavy atom. The molecule has 16 aromatic rings. The predicted octanol–water partition coefficient (Wildman–Crippen LogP) is 20.7. The molecule has 4 aliphatic rings. The molecule has 0 spiro atoms. The Bertz CT molecular complexity index is 6930. The third-order valence-corrected chi connectivity index (χ3v) is 25.0. The Balaban J connectivity index is 0.000000130. The van der Waals surface area contributed by atoms with Crippen molar-refractivity contribution in [1.82, 2.24) is 59.8 Å². The number of aryl methyl sites for hydroxylation is 2. The summed E-state index contributed by atoms with van der Waals surface area (Å²) in [7, 11) is 0. The zero-order valence-electron chi connectivity index (χ0n) is 76.2. The molecule has 43 heteroatoms. The summed E-state index contributed by atoms with van der Waals surface area (Å²) in [4.78, 5) is 60.7. The van der Waals surface area contributed by atoms with Gasteiger partial charge in [-0.1, -0.05) is 42.5 Å². The fourth-order valence-corrected chi connectivity index (χ4v) is 17.6. The number of nitrogens with zero attached hydrogens (tertiary/aromatic N) is 20. The van der Waals surface area contributed by atoms with Gasteiger partial charge in [0.25, 0.3) is 0 Å². The van der Waals surface area contributed by atoms with Gasteiger partial charge >= 0.3 is 6.18 Å². The molecule has 4 saturated heterocycles. The highest BCUT2D eigenvalue weighted by molar-refractivity contribution is 7.14. The summed E-state index contributed by atoms with van der Waals surface area (Å²) in [6.45, 7) is 13.0. The van der Waals surface area contributed by atoms with Gasteiger partial charge in [-0.25, -0.2) is 59.2 Å². The molecule has 4 aliphatic heterocycles. The summed E-state index contributed by atoms with van der Waals surface area (Å²) in [5.41, 5.74) is 26.6. The Kier molecular flexibility index (Phi) is 33.2. The van der Waals surface area contributed by atoms with Gasteiger partial charge in [0.05, 0.1) is 178 Å². The van der Waals surface area contributed by atoms with Crippen molar-refractivity contribution in [2.24, 2.45) is 20.4 Å². The monoisotopic (exact) mass is 2000 g/mol. The van der Waals surface area contributed by atoms with Gasteiger partial charge < -0.3 is 59.8 Å². The number of halogens is 7. The lowest BCUT2D eigenvalue weighted by Gasteiger charge is -2.27. The molecule has 0 saturated carbocycles. The van der Waals surface area contributed by atoms with E-state index in [0.29, 0.717) is 139 Å². The van der Waals surface area contributed by atoms with E-state index in [2.05, 4.69) is 231 Å². The maximum Gasteiger partial charge on any atom is 0.416 e. The third-order valence-electron chi connectivity index (χ3n) is 21.6. The number of nitrogens with one attached hydrogen (secondary N) is 8. The minimum Gasteiger partial charge on any atom is -0.378 e. The van der Waals surface area contributed by atoms with Crippen LogP contribution in [0.5, 0.6) is 0 Å². The van der Waals surface area contributed by atoms with Crippen LogP contribution in [-0.2, 0) is 25.1 Å². The van der Waals surface area contributed by atoms with Crippen molar-refractivity contribution in [2.75, 3.05) is 168 Å². The van der Waals surface area contributed by atoms with E-state index in [-0.39, 0.29) is 52.8 Å². The first-order valence-electron chi connectivity index (χ1n) is 44.6. The van der Waals surface area contributed by atoms with Crippen LogP contribution in [0.15, 0.2) is 267 Å².